The number of nitrogens with zero attached hydrogens (tertiary/aromatic N) is 3. The Morgan fingerprint density at radius 2 is 2.06 bits per heavy atom. The van der Waals surface area contributed by atoms with Crippen LogP contribution in [0.15, 0.2) is 30.6 Å². The summed E-state index contributed by atoms with van der Waals surface area (Å²) in [6.07, 6.45) is 3.60. The van der Waals surface area contributed by atoms with Crippen LogP contribution in [-0.4, -0.2) is 41.9 Å². The molecule has 1 aromatic carbocycles. The van der Waals surface area contributed by atoms with E-state index in [4.69, 9.17) is 15.3 Å². The molecule has 8 nitrogen and oxygen atoms in total. The van der Waals surface area contributed by atoms with E-state index < -0.39 is 5.97 Å². The monoisotopic (exact) mass is 250 g/mol. The van der Waals surface area contributed by atoms with Gasteiger partial charge in [-0.25, -0.2) is 4.79 Å². The Morgan fingerprint density at radius 1 is 1.28 bits per heavy atom. The summed E-state index contributed by atoms with van der Waals surface area (Å²) in [4.78, 5) is 10.1. The number of phenolic OH excluding ortho intramolecular Hbond substituents is 2. The molecule has 0 aliphatic carbocycles. The van der Waals surface area contributed by atoms with Crippen molar-refractivity contribution in [1.82, 2.24) is 20.6 Å². The number of aromatic hydroxyl groups is 2. The molecule has 8 heteroatoms. The van der Waals surface area contributed by atoms with Crippen molar-refractivity contribution in [1.29, 1.82) is 0 Å². The van der Waals surface area contributed by atoms with Crippen LogP contribution in [0.2, 0.25) is 0 Å². The Kier molecular flexibility index (Phi) is 4.85. The first-order valence-electron chi connectivity index (χ1n) is 4.69. The summed E-state index contributed by atoms with van der Waals surface area (Å²) in [5, 5.41) is 38.4. The number of hydrogen-bond donors (Lipinski definition) is 4. The number of nitrogens with one attached hydrogen (secondary N) is 1. The quantitative estimate of drug-likeness (QED) is 0.447. The molecule has 0 saturated carbocycles. The van der Waals surface area contributed by atoms with Gasteiger partial charge in [-0.15, -0.1) is 10.2 Å². The number of tetrazole rings is 1. The molecule has 2 aromatic rings. The summed E-state index contributed by atoms with van der Waals surface area (Å²) in [6, 6.07) is 4.06. The Labute approximate surface area is 101 Å². The number of carboxylic acid groups (broad SMARTS) is 1. The van der Waals surface area contributed by atoms with Gasteiger partial charge in [-0.3, -0.25) is 0 Å². The summed E-state index contributed by atoms with van der Waals surface area (Å²) in [5.41, 5.74) is 0.512. The van der Waals surface area contributed by atoms with Gasteiger partial charge >= 0.3 is 5.97 Å². The van der Waals surface area contributed by atoms with Crippen LogP contribution in [0, 0.1) is 0 Å². The molecule has 0 saturated heterocycles. The lowest BCUT2D eigenvalue weighted by atomic mass is 10.2. The van der Waals surface area contributed by atoms with E-state index in [0.29, 0.717) is 5.56 Å². The second-order valence-corrected chi connectivity index (χ2v) is 2.98. The van der Waals surface area contributed by atoms with Crippen molar-refractivity contribution in [2.45, 2.75) is 0 Å². The van der Waals surface area contributed by atoms with Crippen molar-refractivity contribution in [3.8, 4) is 11.5 Å². The van der Waals surface area contributed by atoms with E-state index in [1.54, 1.807) is 0 Å². The number of aromatic nitrogens is 4. The van der Waals surface area contributed by atoms with Crippen LogP contribution in [0.1, 0.15) is 5.56 Å². The highest BCUT2D eigenvalue weighted by Crippen LogP contribution is 2.25. The molecule has 18 heavy (non-hydrogen) atoms. The van der Waals surface area contributed by atoms with Gasteiger partial charge in [0, 0.05) is 6.08 Å². The van der Waals surface area contributed by atoms with Gasteiger partial charge in [0.1, 0.15) is 0 Å². The molecule has 4 N–H and O–H groups in total. The average molecular weight is 250 g/mol. The topological polar surface area (TPSA) is 132 Å². The Bertz CT molecular complexity index is 507. The third-order valence-corrected chi connectivity index (χ3v) is 1.69. The molecule has 0 atom stereocenters. The van der Waals surface area contributed by atoms with Gasteiger partial charge in [0.15, 0.2) is 17.8 Å². The van der Waals surface area contributed by atoms with Crippen LogP contribution in [0.3, 0.4) is 0 Å². The normalized spacial score (nSPS) is 9.78. The van der Waals surface area contributed by atoms with Crippen LogP contribution < -0.4 is 0 Å². The van der Waals surface area contributed by atoms with E-state index in [-0.39, 0.29) is 11.5 Å². The number of benzene rings is 1. The van der Waals surface area contributed by atoms with Gasteiger partial charge in [-0.2, -0.15) is 5.21 Å². The van der Waals surface area contributed by atoms with Crippen molar-refractivity contribution < 1.29 is 20.1 Å². The fourth-order valence-electron chi connectivity index (χ4n) is 0.941. The van der Waals surface area contributed by atoms with E-state index in [1.165, 1.54) is 30.6 Å². The lowest BCUT2D eigenvalue weighted by molar-refractivity contribution is -0.131. The van der Waals surface area contributed by atoms with E-state index in [2.05, 4.69) is 20.6 Å². The van der Waals surface area contributed by atoms with Crippen LogP contribution in [0.5, 0.6) is 11.5 Å². The maximum atomic E-state index is 10.1. The summed E-state index contributed by atoms with van der Waals surface area (Å²) in [7, 11) is 0. The van der Waals surface area contributed by atoms with E-state index in [9.17, 15) is 4.79 Å². The predicted octanol–water partition coefficient (Wildman–Crippen LogP) is 0.395. The number of carboxylic acids is 1. The second-order valence-electron chi connectivity index (χ2n) is 2.98. The summed E-state index contributed by atoms with van der Waals surface area (Å²) in [5.74, 6) is -1.56. The third kappa shape index (κ3) is 4.75. The molecule has 0 bridgehead atoms. The molecule has 0 spiro atoms. The Hall–Kier alpha value is -2.90. The fourth-order valence-corrected chi connectivity index (χ4v) is 0.941. The lowest BCUT2D eigenvalue weighted by Gasteiger charge is -1.97. The molecular formula is C10H10N4O4. The van der Waals surface area contributed by atoms with Crippen molar-refractivity contribution in [2.24, 2.45) is 0 Å². The maximum Gasteiger partial charge on any atom is 0.328 e. The van der Waals surface area contributed by atoms with Crippen molar-refractivity contribution in [2.75, 3.05) is 0 Å². The molecule has 1 heterocycles. The molecule has 0 aliphatic rings. The minimum Gasteiger partial charge on any atom is -0.504 e. The number of H-pyrrole nitrogens is 1. The highest BCUT2D eigenvalue weighted by molar-refractivity contribution is 5.85. The van der Waals surface area contributed by atoms with E-state index in [0.717, 1.165) is 6.08 Å². The van der Waals surface area contributed by atoms with E-state index >= 15 is 0 Å². The summed E-state index contributed by atoms with van der Waals surface area (Å²) < 4.78 is 0. The Balaban J connectivity index is 0.000000269. The third-order valence-electron chi connectivity index (χ3n) is 1.69. The number of aliphatic carboxylic acids is 1. The molecule has 2 rings (SSSR count). The number of hydrogen-bond acceptors (Lipinski definition) is 6. The van der Waals surface area contributed by atoms with Gasteiger partial charge in [-0.1, -0.05) is 11.3 Å². The van der Waals surface area contributed by atoms with Crippen LogP contribution >= 0.6 is 0 Å². The first-order valence-corrected chi connectivity index (χ1v) is 4.69. The van der Waals surface area contributed by atoms with E-state index in [1.807, 2.05) is 0 Å². The lowest BCUT2D eigenvalue weighted by Crippen LogP contribution is -1.85. The molecule has 0 amide bonds. The largest absolute Gasteiger partial charge is 0.504 e. The molecule has 94 valence electrons. The average Bonchev–Trinajstić information content (AvgIpc) is 2.89. The SMILES string of the molecule is O=C(O)/C=C/c1ccc(O)c(O)c1.c1nn[nH]n1. The minimum absolute atomic E-state index is 0.229. The smallest absolute Gasteiger partial charge is 0.328 e. The summed E-state index contributed by atoms with van der Waals surface area (Å²) in [6.45, 7) is 0. The fraction of sp³-hybridized carbons (Fsp3) is 0. The highest BCUT2D eigenvalue weighted by atomic mass is 16.4. The van der Waals surface area contributed by atoms with Gasteiger partial charge in [0.2, 0.25) is 0 Å². The van der Waals surface area contributed by atoms with Crippen molar-refractivity contribution >= 4 is 12.0 Å². The molecule has 0 aliphatic heterocycles. The number of aromatic amines is 1. The second kappa shape index (κ2) is 6.63. The standard InChI is InChI=1S/C9H8O4.CH2N4/c10-7-3-1-6(5-8(7)11)2-4-9(12)13;1-2-4-5-3-1/h1-5,10-11H,(H,12,13);1H,(H,2,3,4,5)/b4-2+;. The van der Waals surface area contributed by atoms with Crippen molar-refractivity contribution in [3.63, 3.8) is 0 Å². The van der Waals surface area contributed by atoms with Gasteiger partial charge in [0.05, 0.1) is 0 Å². The highest BCUT2D eigenvalue weighted by Gasteiger charge is 1.97. The van der Waals surface area contributed by atoms with Gasteiger partial charge < -0.3 is 15.3 Å². The van der Waals surface area contributed by atoms with Gasteiger partial charge in [0.25, 0.3) is 0 Å². The van der Waals surface area contributed by atoms with Crippen LogP contribution in [0.25, 0.3) is 6.08 Å². The first kappa shape index (κ1) is 13.2. The zero-order valence-corrected chi connectivity index (χ0v) is 9.06. The van der Waals surface area contributed by atoms with Crippen LogP contribution in [-0.2, 0) is 4.79 Å². The molecule has 1 aromatic heterocycles. The minimum atomic E-state index is -1.06. The molecule has 0 fully saturated rings. The summed E-state index contributed by atoms with van der Waals surface area (Å²) >= 11 is 0. The van der Waals surface area contributed by atoms with Crippen LogP contribution in [0.4, 0.5) is 0 Å². The molecular weight excluding hydrogens is 240 g/mol. The van der Waals surface area contributed by atoms with Crippen molar-refractivity contribution in [3.05, 3.63) is 36.2 Å². The molecule has 0 unspecified atom stereocenters. The maximum absolute atomic E-state index is 10.1. The number of phenols is 2. The zero-order valence-electron chi connectivity index (χ0n) is 9.06. The zero-order chi connectivity index (χ0) is 13.4. The van der Waals surface area contributed by atoms with Gasteiger partial charge in [-0.05, 0) is 23.8 Å². The molecule has 0 radical (unpaired) electrons. The Morgan fingerprint density at radius 3 is 2.50 bits per heavy atom. The predicted molar refractivity (Wildman–Crippen MR) is 60.6 cm³/mol. The number of rotatable bonds is 2. The number of carbonyl (C=O) groups is 1. The first-order chi connectivity index (χ1) is 8.59.